The first kappa shape index (κ1) is 17.4. The van der Waals surface area contributed by atoms with Crippen molar-refractivity contribution in [2.45, 2.75) is 19.0 Å². The third kappa shape index (κ3) is 2.89. The van der Waals surface area contributed by atoms with Crippen molar-refractivity contribution < 1.29 is 9.13 Å². The Balaban J connectivity index is 1.65. The molecule has 0 bridgehead atoms. The summed E-state index contributed by atoms with van der Waals surface area (Å²) in [6.45, 7) is 1.68. The SMILES string of the molecule is COc1cc([C@@H]2c3[nH]c4ccccc4c3CCN2Cc2nccs2)ccc1F. The molecular formula is C22H20FN3OS. The molecule has 1 aliphatic heterocycles. The van der Waals surface area contributed by atoms with E-state index < -0.39 is 0 Å². The summed E-state index contributed by atoms with van der Waals surface area (Å²) in [6.07, 6.45) is 2.81. The van der Waals surface area contributed by atoms with Crippen molar-refractivity contribution in [3.8, 4) is 5.75 Å². The number of fused-ring (bicyclic) bond motifs is 3. The first-order valence-electron chi connectivity index (χ1n) is 9.30. The second-order valence-electron chi connectivity index (χ2n) is 7.01. The van der Waals surface area contributed by atoms with Crippen LogP contribution in [0.3, 0.4) is 0 Å². The van der Waals surface area contributed by atoms with E-state index in [2.05, 4.69) is 33.1 Å². The normalized spacial score (nSPS) is 17.0. The molecule has 2 aromatic heterocycles. The quantitative estimate of drug-likeness (QED) is 0.535. The van der Waals surface area contributed by atoms with Crippen LogP contribution in [-0.2, 0) is 13.0 Å². The number of thiazole rings is 1. The van der Waals surface area contributed by atoms with Crippen LogP contribution >= 0.6 is 11.3 Å². The topological polar surface area (TPSA) is 41.1 Å². The lowest BCUT2D eigenvalue weighted by atomic mass is 9.92. The summed E-state index contributed by atoms with van der Waals surface area (Å²) in [5.74, 6) is -0.0691. The van der Waals surface area contributed by atoms with Crippen molar-refractivity contribution in [3.63, 3.8) is 0 Å². The van der Waals surface area contributed by atoms with E-state index in [0.717, 1.165) is 35.6 Å². The number of methoxy groups -OCH3 is 1. The molecule has 0 saturated heterocycles. The third-order valence-electron chi connectivity index (χ3n) is 5.45. The zero-order valence-electron chi connectivity index (χ0n) is 15.5. The Labute approximate surface area is 166 Å². The number of H-pyrrole nitrogens is 1. The zero-order valence-corrected chi connectivity index (χ0v) is 16.3. The van der Waals surface area contributed by atoms with Gasteiger partial charge in [-0.2, -0.15) is 0 Å². The highest BCUT2D eigenvalue weighted by Gasteiger charge is 2.32. The molecule has 0 spiro atoms. The molecule has 1 aliphatic rings. The Bertz CT molecular complexity index is 1120. The number of hydrogen-bond donors (Lipinski definition) is 1. The lowest BCUT2D eigenvalue weighted by Gasteiger charge is -2.35. The number of nitrogens with one attached hydrogen (secondary N) is 1. The maximum Gasteiger partial charge on any atom is 0.165 e. The zero-order chi connectivity index (χ0) is 19.1. The summed E-state index contributed by atoms with van der Waals surface area (Å²) in [5, 5.41) is 4.35. The lowest BCUT2D eigenvalue weighted by Crippen LogP contribution is -2.35. The Kier molecular flexibility index (Phi) is 4.37. The summed E-state index contributed by atoms with van der Waals surface area (Å²) in [6, 6.07) is 13.6. The van der Waals surface area contributed by atoms with Gasteiger partial charge in [0.25, 0.3) is 0 Å². The fourth-order valence-electron chi connectivity index (χ4n) is 4.19. The minimum absolute atomic E-state index is 0.00505. The average molecular weight is 393 g/mol. The van der Waals surface area contributed by atoms with Gasteiger partial charge in [-0.1, -0.05) is 24.3 Å². The van der Waals surface area contributed by atoms with Crippen LogP contribution < -0.4 is 4.74 Å². The lowest BCUT2D eigenvalue weighted by molar-refractivity contribution is 0.201. The monoisotopic (exact) mass is 393 g/mol. The number of nitrogens with zero attached hydrogens (tertiary/aromatic N) is 2. The third-order valence-corrected chi connectivity index (χ3v) is 6.21. The minimum Gasteiger partial charge on any atom is -0.494 e. The van der Waals surface area contributed by atoms with Gasteiger partial charge in [0.05, 0.1) is 19.7 Å². The van der Waals surface area contributed by atoms with Crippen LogP contribution in [0.5, 0.6) is 5.75 Å². The highest BCUT2D eigenvalue weighted by Crippen LogP contribution is 2.40. The van der Waals surface area contributed by atoms with Gasteiger partial charge >= 0.3 is 0 Å². The van der Waals surface area contributed by atoms with Gasteiger partial charge in [0.15, 0.2) is 11.6 Å². The Morgan fingerprint density at radius 1 is 1.29 bits per heavy atom. The Hall–Kier alpha value is -2.70. The van der Waals surface area contributed by atoms with Gasteiger partial charge in [0.2, 0.25) is 0 Å². The summed E-state index contributed by atoms with van der Waals surface area (Å²) >= 11 is 1.66. The maximum absolute atomic E-state index is 14.0. The minimum atomic E-state index is -0.342. The van der Waals surface area contributed by atoms with E-state index >= 15 is 0 Å². The summed E-state index contributed by atoms with van der Waals surface area (Å²) in [7, 11) is 1.50. The number of para-hydroxylation sites is 1. The van der Waals surface area contributed by atoms with Crippen molar-refractivity contribution in [1.82, 2.24) is 14.9 Å². The Morgan fingerprint density at radius 2 is 2.18 bits per heavy atom. The fraction of sp³-hybridized carbons (Fsp3) is 0.227. The van der Waals surface area contributed by atoms with Gasteiger partial charge in [-0.25, -0.2) is 9.37 Å². The van der Waals surface area contributed by atoms with E-state index in [0.29, 0.717) is 0 Å². The molecule has 0 fully saturated rings. The van der Waals surface area contributed by atoms with Crippen LogP contribution in [0.1, 0.15) is 27.9 Å². The Morgan fingerprint density at radius 3 is 3.00 bits per heavy atom. The predicted octanol–water partition coefficient (Wildman–Crippen LogP) is 4.92. The van der Waals surface area contributed by atoms with Crippen LogP contribution in [0.2, 0.25) is 0 Å². The standard InChI is InChI=1S/C22H20FN3OS/c1-27-19-12-14(6-7-17(19)23)22-21-16(15-4-2-3-5-18(15)25-21)8-10-26(22)13-20-24-9-11-28-20/h2-7,9,11-12,22,25H,8,10,13H2,1H3/t22-/m1/s1. The molecule has 142 valence electrons. The van der Waals surface area contributed by atoms with Crippen LogP contribution in [0.15, 0.2) is 54.0 Å². The predicted molar refractivity (Wildman–Crippen MR) is 109 cm³/mol. The van der Waals surface area contributed by atoms with Crippen LogP contribution in [0.25, 0.3) is 10.9 Å². The second kappa shape index (κ2) is 7.04. The van der Waals surface area contributed by atoms with Crippen molar-refractivity contribution in [3.05, 3.63) is 81.7 Å². The molecule has 1 atom stereocenters. The fourth-order valence-corrected chi connectivity index (χ4v) is 4.83. The summed E-state index contributed by atoms with van der Waals surface area (Å²) in [4.78, 5) is 10.5. The number of benzene rings is 2. The van der Waals surface area contributed by atoms with Gasteiger partial charge in [0.1, 0.15) is 5.01 Å². The van der Waals surface area contributed by atoms with Crippen LogP contribution in [0.4, 0.5) is 4.39 Å². The van der Waals surface area contributed by atoms with E-state index in [-0.39, 0.29) is 17.6 Å². The molecular weight excluding hydrogens is 373 g/mol. The molecule has 4 nitrogen and oxygen atoms in total. The molecule has 5 rings (SSSR count). The molecule has 0 radical (unpaired) electrons. The van der Waals surface area contributed by atoms with Crippen molar-refractivity contribution in [2.24, 2.45) is 0 Å². The molecule has 3 heterocycles. The number of aromatic nitrogens is 2. The van der Waals surface area contributed by atoms with E-state index in [1.807, 2.05) is 29.8 Å². The maximum atomic E-state index is 14.0. The van der Waals surface area contributed by atoms with E-state index in [4.69, 9.17) is 4.74 Å². The molecule has 0 saturated carbocycles. The van der Waals surface area contributed by atoms with Crippen molar-refractivity contribution >= 4 is 22.2 Å². The molecule has 0 aliphatic carbocycles. The highest BCUT2D eigenvalue weighted by atomic mass is 32.1. The molecule has 28 heavy (non-hydrogen) atoms. The first-order chi connectivity index (χ1) is 13.7. The molecule has 4 aromatic rings. The number of aromatic amines is 1. The van der Waals surface area contributed by atoms with Gasteiger partial charge in [-0.15, -0.1) is 11.3 Å². The number of rotatable bonds is 4. The van der Waals surface area contributed by atoms with Gasteiger partial charge < -0.3 is 9.72 Å². The summed E-state index contributed by atoms with van der Waals surface area (Å²) in [5.41, 5.74) is 4.68. The average Bonchev–Trinajstić information content (AvgIpc) is 3.36. The molecule has 1 N–H and O–H groups in total. The summed E-state index contributed by atoms with van der Waals surface area (Å²) < 4.78 is 19.3. The van der Waals surface area contributed by atoms with E-state index in [9.17, 15) is 4.39 Å². The second-order valence-corrected chi connectivity index (χ2v) is 7.98. The number of ether oxygens (including phenoxy) is 1. The smallest absolute Gasteiger partial charge is 0.165 e. The van der Waals surface area contributed by atoms with Crippen molar-refractivity contribution in [2.75, 3.05) is 13.7 Å². The first-order valence-corrected chi connectivity index (χ1v) is 10.2. The van der Waals surface area contributed by atoms with Crippen LogP contribution in [-0.4, -0.2) is 28.5 Å². The van der Waals surface area contributed by atoms with Gasteiger partial charge in [0, 0.05) is 34.7 Å². The molecule has 0 unspecified atom stereocenters. The van der Waals surface area contributed by atoms with E-state index in [1.54, 1.807) is 11.3 Å². The number of halogens is 1. The van der Waals surface area contributed by atoms with Gasteiger partial charge in [-0.05, 0) is 35.7 Å². The largest absolute Gasteiger partial charge is 0.494 e. The molecule has 0 amide bonds. The molecule has 2 aromatic carbocycles. The molecule has 6 heteroatoms. The van der Waals surface area contributed by atoms with Crippen molar-refractivity contribution in [1.29, 1.82) is 0 Å². The number of hydrogen-bond acceptors (Lipinski definition) is 4. The van der Waals surface area contributed by atoms with Crippen LogP contribution in [0, 0.1) is 5.82 Å². The highest BCUT2D eigenvalue weighted by molar-refractivity contribution is 7.09. The van der Waals surface area contributed by atoms with Gasteiger partial charge in [-0.3, -0.25) is 4.90 Å². The van der Waals surface area contributed by atoms with E-state index in [1.165, 1.54) is 29.8 Å².